The first-order valence-corrected chi connectivity index (χ1v) is 8.85. The molecule has 0 saturated carbocycles. The number of nitrogens with zero attached hydrogens (tertiary/aromatic N) is 3. The van der Waals surface area contributed by atoms with Crippen molar-refractivity contribution in [3.05, 3.63) is 54.3 Å². The molecule has 0 aliphatic rings. The number of nitrogens with one attached hydrogen (secondary N) is 1. The molecule has 0 radical (unpaired) electrons. The number of hydrogen-bond donors (Lipinski definition) is 1. The Labute approximate surface area is 167 Å². The van der Waals surface area contributed by atoms with E-state index in [1.54, 1.807) is 49.6 Å². The molecule has 1 N–H and O–H groups in total. The first-order chi connectivity index (χ1) is 14.1. The molecule has 29 heavy (non-hydrogen) atoms. The lowest BCUT2D eigenvalue weighted by atomic mass is 10.2. The average Bonchev–Trinajstić information content (AvgIpc) is 3.13. The van der Waals surface area contributed by atoms with E-state index in [0.29, 0.717) is 18.0 Å². The first kappa shape index (κ1) is 20.4. The van der Waals surface area contributed by atoms with E-state index in [1.165, 1.54) is 17.9 Å². The van der Waals surface area contributed by atoms with E-state index in [4.69, 9.17) is 14.2 Å². The first-order valence-electron chi connectivity index (χ1n) is 8.85. The molecule has 0 saturated heterocycles. The number of carbonyl (C=O) groups excluding carboxylic acids is 1. The molecular formula is C20H21FN4O4. The van der Waals surface area contributed by atoms with Crippen LogP contribution >= 0.6 is 0 Å². The molecule has 0 atom stereocenters. The van der Waals surface area contributed by atoms with E-state index in [-0.39, 0.29) is 36.5 Å². The number of rotatable bonds is 9. The van der Waals surface area contributed by atoms with Crippen LogP contribution in [0.3, 0.4) is 0 Å². The Morgan fingerprint density at radius 2 is 1.93 bits per heavy atom. The third-order valence-corrected chi connectivity index (χ3v) is 3.87. The Hall–Kier alpha value is -3.30. The number of hydrogen-bond acceptors (Lipinski definition) is 6. The fourth-order valence-electron chi connectivity index (χ4n) is 2.61. The summed E-state index contributed by atoms with van der Waals surface area (Å²) in [4.78, 5) is 16.1. The number of ether oxygens (including phenoxy) is 3. The molecule has 3 aromatic rings. The van der Waals surface area contributed by atoms with Gasteiger partial charge in [0.15, 0.2) is 5.82 Å². The molecular weight excluding hydrogens is 379 g/mol. The topological polar surface area (TPSA) is 87.5 Å². The highest BCUT2D eigenvalue weighted by molar-refractivity contribution is 5.91. The normalized spacial score (nSPS) is 10.7. The van der Waals surface area contributed by atoms with Crippen LogP contribution in [0.4, 0.5) is 10.1 Å². The summed E-state index contributed by atoms with van der Waals surface area (Å²) < 4.78 is 31.2. The Morgan fingerprint density at radius 3 is 2.69 bits per heavy atom. The second kappa shape index (κ2) is 9.76. The molecule has 1 aromatic heterocycles. The van der Waals surface area contributed by atoms with Gasteiger partial charge in [-0.3, -0.25) is 4.79 Å². The Bertz CT molecular complexity index is 977. The van der Waals surface area contributed by atoms with Gasteiger partial charge in [0.25, 0.3) is 0 Å². The quantitative estimate of drug-likeness (QED) is 0.556. The minimum atomic E-state index is -0.436. The maximum atomic E-state index is 14.4. The summed E-state index contributed by atoms with van der Waals surface area (Å²) in [5.41, 5.74) is 1.39. The third kappa shape index (κ3) is 5.15. The summed E-state index contributed by atoms with van der Waals surface area (Å²) in [7, 11) is 3.00. The van der Waals surface area contributed by atoms with Crippen LogP contribution in [0.1, 0.15) is 0 Å². The van der Waals surface area contributed by atoms with Crippen LogP contribution in [-0.2, 0) is 14.3 Å². The van der Waals surface area contributed by atoms with Gasteiger partial charge >= 0.3 is 6.01 Å². The summed E-state index contributed by atoms with van der Waals surface area (Å²) in [6.07, 6.45) is 0. The highest BCUT2D eigenvalue weighted by Gasteiger charge is 2.18. The number of anilines is 1. The molecule has 1 heterocycles. The zero-order valence-corrected chi connectivity index (χ0v) is 16.1. The monoisotopic (exact) mass is 400 g/mol. The number of benzene rings is 2. The molecule has 0 spiro atoms. The second-order valence-corrected chi connectivity index (χ2v) is 5.98. The number of amides is 1. The van der Waals surface area contributed by atoms with Gasteiger partial charge in [-0.1, -0.05) is 18.2 Å². The maximum absolute atomic E-state index is 14.4. The highest BCUT2D eigenvalue weighted by atomic mass is 19.1. The van der Waals surface area contributed by atoms with Gasteiger partial charge in [0.1, 0.15) is 19.0 Å². The Kier molecular flexibility index (Phi) is 6.88. The molecule has 9 heteroatoms. The second-order valence-electron chi connectivity index (χ2n) is 5.98. The van der Waals surface area contributed by atoms with Crippen molar-refractivity contribution < 1.29 is 23.4 Å². The molecule has 1 amide bonds. The lowest BCUT2D eigenvalue weighted by Crippen LogP contribution is -2.17. The number of carbonyl (C=O) groups is 1. The molecule has 0 aliphatic heterocycles. The van der Waals surface area contributed by atoms with Crippen molar-refractivity contribution in [3.8, 4) is 23.1 Å². The summed E-state index contributed by atoms with van der Waals surface area (Å²) in [5, 5.41) is 7.08. The maximum Gasteiger partial charge on any atom is 0.336 e. The zero-order chi connectivity index (χ0) is 20.6. The van der Waals surface area contributed by atoms with Gasteiger partial charge in [-0.15, -0.1) is 5.10 Å². The number of halogens is 1. The highest BCUT2D eigenvalue weighted by Crippen LogP contribution is 2.26. The smallest absolute Gasteiger partial charge is 0.336 e. The van der Waals surface area contributed by atoms with Crippen LogP contribution in [-0.4, -0.2) is 54.7 Å². The van der Waals surface area contributed by atoms with E-state index in [2.05, 4.69) is 15.4 Å². The van der Waals surface area contributed by atoms with E-state index >= 15 is 0 Å². The largest absolute Gasteiger partial charge is 0.460 e. The van der Waals surface area contributed by atoms with Crippen LogP contribution in [0.15, 0.2) is 48.5 Å². The number of methoxy groups -OCH3 is 2. The van der Waals surface area contributed by atoms with Crippen LogP contribution in [0.5, 0.6) is 6.01 Å². The summed E-state index contributed by atoms with van der Waals surface area (Å²) in [6.45, 7) is 0.556. The fraction of sp³-hybridized carbons (Fsp3) is 0.250. The van der Waals surface area contributed by atoms with Crippen LogP contribution in [0, 0.1) is 5.82 Å². The van der Waals surface area contributed by atoms with Gasteiger partial charge in [0.2, 0.25) is 5.91 Å². The lowest BCUT2D eigenvalue weighted by Gasteiger charge is -2.09. The van der Waals surface area contributed by atoms with Crippen molar-refractivity contribution in [3.63, 3.8) is 0 Å². The van der Waals surface area contributed by atoms with Crippen molar-refractivity contribution >= 4 is 11.6 Å². The predicted molar refractivity (Wildman–Crippen MR) is 105 cm³/mol. The minimum Gasteiger partial charge on any atom is -0.460 e. The van der Waals surface area contributed by atoms with E-state index in [9.17, 15) is 9.18 Å². The van der Waals surface area contributed by atoms with E-state index in [0.717, 1.165) is 0 Å². The Balaban J connectivity index is 1.99. The number of aromatic nitrogens is 3. The minimum absolute atomic E-state index is 0.0640. The Morgan fingerprint density at radius 1 is 1.10 bits per heavy atom. The molecule has 0 fully saturated rings. The lowest BCUT2D eigenvalue weighted by molar-refractivity contribution is -0.119. The molecule has 3 rings (SSSR count). The summed E-state index contributed by atoms with van der Waals surface area (Å²) >= 11 is 0. The molecule has 8 nitrogen and oxygen atoms in total. The van der Waals surface area contributed by atoms with Crippen molar-refractivity contribution in [1.29, 1.82) is 0 Å². The van der Waals surface area contributed by atoms with Gasteiger partial charge < -0.3 is 19.5 Å². The molecule has 0 unspecified atom stereocenters. The average molecular weight is 400 g/mol. The van der Waals surface area contributed by atoms with Gasteiger partial charge in [-0.05, 0) is 30.3 Å². The van der Waals surface area contributed by atoms with Crippen molar-refractivity contribution in [2.45, 2.75) is 0 Å². The van der Waals surface area contributed by atoms with Gasteiger partial charge in [-0.25, -0.2) is 9.07 Å². The summed E-state index contributed by atoms with van der Waals surface area (Å²) in [5.74, 6) is -0.453. The van der Waals surface area contributed by atoms with E-state index < -0.39 is 5.82 Å². The van der Waals surface area contributed by atoms with Crippen molar-refractivity contribution in [2.75, 3.05) is 39.4 Å². The van der Waals surface area contributed by atoms with Crippen molar-refractivity contribution in [2.24, 2.45) is 0 Å². The van der Waals surface area contributed by atoms with Gasteiger partial charge in [-0.2, -0.15) is 4.98 Å². The van der Waals surface area contributed by atoms with Gasteiger partial charge in [0.05, 0.1) is 17.9 Å². The standard InChI is InChI=1S/C20H21FN4O4/c1-27-10-11-29-20-23-19(16-8-3-4-9-17(16)21)25(24-20)15-7-5-6-14(12-15)22-18(26)13-28-2/h3-9,12H,10-11,13H2,1-2H3,(H,22,26). The van der Waals surface area contributed by atoms with Gasteiger partial charge in [0, 0.05) is 19.9 Å². The van der Waals surface area contributed by atoms with Crippen LogP contribution in [0.25, 0.3) is 17.1 Å². The zero-order valence-electron chi connectivity index (χ0n) is 16.1. The SMILES string of the molecule is COCCOc1nc(-c2ccccc2F)n(-c2cccc(NC(=O)COC)c2)n1. The molecule has 2 aromatic carbocycles. The molecule has 0 aliphatic carbocycles. The van der Waals surface area contributed by atoms with E-state index in [1.807, 2.05) is 0 Å². The fourth-order valence-corrected chi connectivity index (χ4v) is 2.61. The third-order valence-electron chi connectivity index (χ3n) is 3.87. The predicted octanol–water partition coefficient (Wildman–Crippen LogP) is 2.68. The molecule has 152 valence electrons. The van der Waals surface area contributed by atoms with Crippen LogP contribution < -0.4 is 10.1 Å². The molecule has 0 bridgehead atoms. The van der Waals surface area contributed by atoms with Crippen molar-refractivity contribution in [1.82, 2.24) is 14.8 Å². The summed E-state index contributed by atoms with van der Waals surface area (Å²) in [6, 6.07) is 13.3. The van der Waals surface area contributed by atoms with Crippen LogP contribution in [0.2, 0.25) is 0 Å².